The molecule has 3 rings (SSSR count). The molecule has 3 aromatic carbocycles. The van der Waals surface area contributed by atoms with Crippen LogP contribution in [0.15, 0.2) is 71.6 Å². The number of carbonyl (C=O) groups excluding carboxylic acids is 2. The Morgan fingerprint density at radius 1 is 0.925 bits per heavy atom. The summed E-state index contributed by atoms with van der Waals surface area (Å²) in [5.41, 5.74) is 0.597. The molecule has 12 heteroatoms. The largest absolute Gasteiger partial charge is 0.492 e. The van der Waals surface area contributed by atoms with Crippen molar-refractivity contribution >= 4 is 62.3 Å². The van der Waals surface area contributed by atoms with Crippen LogP contribution < -0.4 is 14.4 Å². The maximum absolute atomic E-state index is 14.1. The zero-order valence-electron chi connectivity index (χ0n) is 22.2. The van der Waals surface area contributed by atoms with Gasteiger partial charge in [0.1, 0.15) is 18.3 Å². The van der Waals surface area contributed by atoms with Crippen molar-refractivity contribution in [1.82, 2.24) is 10.2 Å². The Labute approximate surface area is 249 Å². The second-order valence-electron chi connectivity index (χ2n) is 8.63. The number of carbonyl (C=O) groups is 2. The molecule has 1 N–H and O–H groups in total. The van der Waals surface area contributed by atoms with Gasteiger partial charge in [-0.05, 0) is 61.9 Å². The van der Waals surface area contributed by atoms with E-state index in [0.29, 0.717) is 20.6 Å². The summed E-state index contributed by atoms with van der Waals surface area (Å²) in [6.07, 6.45) is 0.257. The van der Waals surface area contributed by atoms with Gasteiger partial charge in [0.15, 0.2) is 0 Å². The Bertz CT molecular complexity index is 1430. The highest BCUT2D eigenvalue weighted by molar-refractivity contribution is 7.92. The number of amides is 2. The smallest absolute Gasteiger partial charge is 0.264 e. The van der Waals surface area contributed by atoms with Crippen molar-refractivity contribution in [1.29, 1.82) is 0 Å². The molecule has 1 atom stereocenters. The first-order chi connectivity index (χ1) is 19.0. The number of anilines is 1. The van der Waals surface area contributed by atoms with Crippen LogP contribution in [0.2, 0.25) is 15.1 Å². The second-order valence-corrected chi connectivity index (χ2v) is 11.7. The first kappa shape index (κ1) is 31.5. The van der Waals surface area contributed by atoms with Gasteiger partial charge in [-0.2, -0.15) is 0 Å². The zero-order chi connectivity index (χ0) is 29.4. The van der Waals surface area contributed by atoms with Crippen LogP contribution in [-0.4, -0.2) is 51.4 Å². The van der Waals surface area contributed by atoms with Gasteiger partial charge < -0.3 is 15.0 Å². The number of sulfonamides is 1. The van der Waals surface area contributed by atoms with Gasteiger partial charge in [-0.15, -0.1) is 0 Å². The minimum atomic E-state index is -4.29. The molecule has 2 amide bonds. The number of nitrogens with zero attached hydrogens (tertiary/aromatic N) is 2. The molecule has 214 valence electrons. The van der Waals surface area contributed by atoms with Crippen LogP contribution in [-0.2, 0) is 26.2 Å². The van der Waals surface area contributed by atoms with Crippen LogP contribution in [0, 0.1) is 0 Å². The van der Waals surface area contributed by atoms with Crippen molar-refractivity contribution in [2.75, 3.05) is 24.5 Å². The van der Waals surface area contributed by atoms with Gasteiger partial charge in [-0.25, -0.2) is 8.42 Å². The summed E-state index contributed by atoms with van der Waals surface area (Å²) >= 11 is 18.8. The fourth-order valence-electron chi connectivity index (χ4n) is 4.13. The molecule has 3 aromatic rings. The molecule has 0 aliphatic carbocycles. The lowest BCUT2D eigenvalue weighted by atomic mass is 10.1. The van der Waals surface area contributed by atoms with E-state index in [1.54, 1.807) is 56.3 Å². The molecule has 0 bridgehead atoms. The van der Waals surface area contributed by atoms with Crippen molar-refractivity contribution in [3.63, 3.8) is 0 Å². The van der Waals surface area contributed by atoms with Crippen LogP contribution in [0.5, 0.6) is 5.75 Å². The molecule has 0 aliphatic rings. The number of likely N-dealkylation sites (N-methyl/N-ethyl adjacent to an activating group) is 1. The van der Waals surface area contributed by atoms with Crippen molar-refractivity contribution in [2.24, 2.45) is 0 Å². The molecule has 0 radical (unpaired) electrons. The molecule has 8 nitrogen and oxygen atoms in total. The maximum atomic E-state index is 14.1. The van der Waals surface area contributed by atoms with Crippen molar-refractivity contribution in [2.45, 2.75) is 37.8 Å². The fourth-order valence-corrected chi connectivity index (χ4v) is 6.20. The first-order valence-corrected chi connectivity index (χ1v) is 15.1. The van der Waals surface area contributed by atoms with Gasteiger partial charge >= 0.3 is 0 Å². The number of hydrogen-bond donors (Lipinski definition) is 1. The number of benzene rings is 3. The van der Waals surface area contributed by atoms with Crippen LogP contribution in [0.25, 0.3) is 0 Å². The van der Waals surface area contributed by atoms with E-state index in [4.69, 9.17) is 39.5 Å². The minimum absolute atomic E-state index is 0.0740. The predicted molar refractivity (Wildman–Crippen MR) is 159 cm³/mol. The zero-order valence-corrected chi connectivity index (χ0v) is 25.3. The van der Waals surface area contributed by atoms with E-state index in [-0.39, 0.29) is 35.9 Å². The average molecular weight is 627 g/mol. The Kier molecular flexibility index (Phi) is 11.1. The van der Waals surface area contributed by atoms with E-state index < -0.39 is 34.4 Å². The molecular formula is C28H30Cl3N3O5S. The van der Waals surface area contributed by atoms with E-state index in [0.717, 1.165) is 4.31 Å². The number of ether oxygens (including phenoxy) is 1. The molecule has 40 heavy (non-hydrogen) atoms. The van der Waals surface area contributed by atoms with Crippen molar-refractivity contribution in [3.8, 4) is 5.75 Å². The summed E-state index contributed by atoms with van der Waals surface area (Å²) in [5, 5.41) is 3.55. The monoisotopic (exact) mass is 625 g/mol. The quantitative estimate of drug-likeness (QED) is 0.274. The number of halogens is 3. The van der Waals surface area contributed by atoms with Gasteiger partial charge in [0, 0.05) is 34.2 Å². The van der Waals surface area contributed by atoms with Crippen molar-refractivity contribution in [3.05, 3.63) is 87.4 Å². The lowest BCUT2D eigenvalue weighted by molar-refractivity contribution is -0.140. The summed E-state index contributed by atoms with van der Waals surface area (Å²) in [6.45, 7) is 3.03. The highest BCUT2D eigenvalue weighted by Crippen LogP contribution is 2.34. The molecular weight excluding hydrogens is 597 g/mol. The first-order valence-electron chi connectivity index (χ1n) is 12.5. The molecule has 0 fully saturated rings. The Morgan fingerprint density at radius 2 is 1.55 bits per heavy atom. The van der Waals surface area contributed by atoms with E-state index in [1.165, 1.54) is 36.2 Å². The standard InChI is InChI=1S/C28H30Cl3N3O5S/c1-4-24(28(36)32-3)33(17-21-22(30)9-8-10-23(21)31)27(35)18-34(25-11-6-7-12-26(25)39-5-2)40(37,38)20-15-13-19(29)14-16-20/h6-16,24H,4-5,17-18H2,1-3H3,(H,32,36)/t24-/m0/s1. The highest BCUT2D eigenvalue weighted by atomic mass is 35.5. The normalized spacial score (nSPS) is 11.9. The van der Waals surface area contributed by atoms with Gasteiger partial charge in [0.05, 0.1) is 17.2 Å². The summed E-state index contributed by atoms with van der Waals surface area (Å²) < 4.78 is 34.7. The molecule has 0 heterocycles. The van der Waals surface area contributed by atoms with Crippen LogP contribution in [0.4, 0.5) is 5.69 Å². The molecule has 0 unspecified atom stereocenters. The molecule has 0 aliphatic heterocycles. The van der Waals surface area contributed by atoms with Crippen LogP contribution >= 0.6 is 34.8 Å². The lowest BCUT2D eigenvalue weighted by Gasteiger charge is -2.33. The summed E-state index contributed by atoms with van der Waals surface area (Å²) in [7, 11) is -2.83. The van der Waals surface area contributed by atoms with E-state index in [2.05, 4.69) is 5.32 Å². The minimum Gasteiger partial charge on any atom is -0.492 e. The third-order valence-electron chi connectivity index (χ3n) is 6.14. The van der Waals surface area contributed by atoms with E-state index >= 15 is 0 Å². The topological polar surface area (TPSA) is 96.0 Å². The van der Waals surface area contributed by atoms with Gasteiger partial charge in [0.25, 0.3) is 10.0 Å². The Hall–Kier alpha value is -2.98. The second kappa shape index (κ2) is 14.1. The van der Waals surface area contributed by atoms with Gasteiger partial charge in [0.2, 0.25) is 11.8 Å². The maximum Gasteiger partial charge on any atom is 0.264 e. The third-order valence-corrected chi connectivity index (χ3v) is 8.87. The molecule has 0 aromatic heterocycles. The number of para-hydroxylation sites is 2. The van der Waals surface area contributed by atoms with E-state index in [9.17, 15) is 18.0 Å². The average Bonchev–Trinajstić information content (AvgIpc) is 2.93. The Balaban J connectivity index is 2.15. The third kappa shape index (κ3) is 7.20. The lowest BCUT2D eigenvalue weighted by Crippen LogP contribution is -2.51. The molecule has 0 saturated carbocycles. The summed E-state index contributed by atoms with van der Waals surface area (Å²) in [5.74, 6) is -0.787. The summed E-state index contributed by atoms with van der Waals surface area (Å²) in [6, 6.07) is 16.1. The van der Waals surface area contributed by atoms with E-state index in [1.807, 2.05) is 0 Å². The number of hydrogen-bond acceptors (Lipinski definition) is 5. The molecule has 0 spiro atoms. The fraction of sp³-hybridized carbons (Fsp3) is 0.286. The number of nitrogens with one attached hydrogen (secondary N) is 1. The van der Waals surface area contributed by atoms with Crippen molar-refractivity contribution < 1.29 is 22.7 Å². The van der Waals surface area contributed by atoms with Crippen LogP contribution in [0.1, 0.15) is 25.8 Å². The predicted octanol–water partition coefficient (Wildman–Crippen LogP) is 5.79. The van der Waals surface area contributed by atoms with Crippen LogP contribution in [0.3, 0.4) is 0 Å². The number of rotatable bonds is 12. The SMILES string of the molecule is CCOc1ccccc1N(CC(=O)N(Cc1c(Cl)cccc1Cl)[C@@H](CC)C(=O)NC)S(=O)(=O)c1ccc(Cl)cc1. The summed E-state index contributed by atoms with van der Waals surface area (Å²) in [4.78, 5) is 28.1. The Morgan fingerprint density at radius 3 is 2.12 bits per heavy atom. The van der Waals surface area contributed by atoms with Gasteiger partial charge in [-0.1, -0.05) is 59.9 Å². The molecule has 0 saturated heterocycles. The van der Waals surface area contributed by atoms with Gasteiger partial charge in [-0.3, -0.25) is 13.9 Å². The highest BCUT2D eigenvalue weighted by Gasteiger charge is 2.35.